The second kappa shape index (κ2) is 14.5. The molecule has 0 radical (unpaired) electrons. The Morgan fingerprint density at radius 2 is 1.11 bits per heavy atom. The first kappa shape index (κ1) is 27.7. The topological polar surface area (TPSA) is 80.3 Å². The molecule has 1 aliphatic rings. The van der Waals surface area contributed by atoms with Gasteiger partial charge in [-0.2, -0.15) is 0 Å². The molecule has 0 aliphatic carbocycles. The SMILES string of the molecule is CC(=O)OC[C@H]1O[C@H](CC=O)[C@H](OCc2ccccc2)[C@@H](OCc2ccccc2)[C@H]1OCc1ccccc1. The molecular weight excluding hydrogens is 484 g/mol. The van der Waals surface area contributed by atoms with E-state index in [0.717, 1.165) is 23.0 Å². The number of carbonyl (C=O) groups excluding carboxylic acids is 2. The third-order valence-corrected chi connectivity index (χ3v) is 6.37. The van der Waals surface area contributed by atoms with E-state index >= 15 is 0 Å². The molecule has 0 unspecified atom stereocenters. The lowest BCUT2D eigenvalue weighted by Crippen LogP contribution is -2.61. The molecule has 3 aromatic carbocycles. The highest BCUT2D eigenvalue weighted by atomic mass is 16.6. The Hall–Kier alpha value is -3.36. The van der Waals surface area contributed by atoms with Gasteiger partial charge in [0.1, 0.15) is 37.3 Å². The minimum absolute atomic E-state index is 0.0270. The van der Waals surface area contributed by atoms with Crippen molar-refractivity contribution in [2.75, 3.05) is 6.61 Å². The van der Waals surface area contributed by atoms with Crippen LogP contribution in [0.2, 0.25) is 0 Å². The van der Waals surface area contributed by atoms with Gasteiger partial charge in [-0.15, -0.1) is 0 Å². The number of hydrogen-bond acceptors (Lipinski definition) is 7. The number of rotatable bonds is 13. The van der Waals surface area contributed by atoms with Crippen LogP contribution in [0.1, 0.15) is 30.0 Å². The van der Waals surface area contributed by atoms with Gasteiger partial charge in [0, 0.05) is 13.3 Å². The van der Waals surface area contributed by atoms with Crippen LogP contribution < -0.4 is 0 Å². The molecule has 0 N–H and O–H groups in total. The number of hydrogen-bond donors (Lipinski definition) is 0. The zero-order valence-corrected chi connectivity index (χ0v) is 21.5. The maximum Gasteiger partial charge on any atom is 0.302 e. The lowest BCUT2D eigenvalue weighted by Gasteiger charge is -2.45. The Kier molecular flexibility index (Phi) is 10.6. The molecule has 1 heterocycles. The Labute approximate surface area is 223 Å². The Morgan fingerprint density at radius 1 is 0.684 bits per heavy atom. The summed E-state index contributed by atoms with van der Waals surface area (Å²) in [5, 5.41) is 0. The van der Waals surface area contributed by atoms with E-state index in [1.54, 1.807) is 0 Å². The van der Waals surface area contributed by atoms with E-state index < -0.39 is 36.5 Å². The van der Waals surface area contributed by atoms with Crippen molar-refractivity contribution in [2.24, 2.45) is 0 Å². The predicted molar refractivity (Wildman–Crippen MR) is 141 cm³/mol. The third-order valence-electron chi connectivity index (χ3n) is 6.37. The molecule has 0 amide bonds. The Bertz CT molecular complexity index is 1110. The first-order valence-corrected chi connectivity index (χ1v) is 12.8. The molecule has 0 aromatic heterocycles. The van der Waals surface area contributed by atoms with Crippen LogP contribution in [-0.2, 0) is 53.1 Å². The molecule has 1 fully saturated rings. The number of esters is 1. The molecule has 3 aromatic rings. The molecule has 5 atom stereocenters. The molecule has 0 saturated carbocycles. The van der Waals surface area contributed by atoms with Crippen LogP contribution in [0.3, 0.4) is 0 Å². The van der Waals surface area contributed by atoms with E-state index in [0.29, 0.717) is 19.8 Å². The quantitative estimate of drug-likeness (QED) is 0.240. The number of carbonyl (C=O) groups is 2. The average molecular weight is 519 g/mol. The van der Waals surface area contributed by atoms with E-state index in [4.69, 9.17) is 23.7 Å². The maximum atomic E-state index is 11.7. The molecule has 7 heteroatoms. The summed E-state index contributed by atoms with van der Waals surface area (Å²) in [5.41, 5.74) is 2.96. The fourth-order valence-electron chi connectivity index (χ4n) is 4.50. The van der Waals surface area contributed by atoms with Crippen molar-refractivity contribution >= 4 is 12.3 Å². The molecule has 0 spiro atoms. The molecule has 0 bridgehead atoms. The lowest BCUT2D eigenvalue weighted by molar-refractivity contribution is -0.270. The highest BCUT2D eigenvalue weighted by Crippen LogP contribution is 2.32. The summed E-state index contributed by atoms with van der Waals surface area (Å²) in [4.78, 5) is 23.3. The Morgan fingerprint density at radius 3 is 1.53 bits per heavy atom. The van der Waals surface area contributed by atoms with E-state index in [9.17, 15) is 9.59 Å². The first-order chi connectivity index (χ1) is 18.6. The van der Waals surface area contributed by atoms with E-state index in [1.807, 2.05) is 91.0 Å². The van der Waals surface area contributed by atoms with Crippen molar-refractivity contribution < 1.29 is 33.3 Å². The van der Waals surface area contributed by atoms with Gasteiger partial charge < -0.3 is 28.5 Å². The minimum atomic E-state index is -0.648. The van der Waals surface area contributed by atoms with Crippen LogP contribution in [0.15, 0.2) is 91.0 Å². The van der Waals surface area contributed by atoms with Crippen molar-refractivity contribution in [1.82, 2.24) is 0 Å². The number of benzene rings is 3. The van der Waals surface area contributed by atoms with E-state index in [1.165, 1.54) is 6.92 Å². The highest BCUT2D eigenvalue weighted by Gasteiger charge is 2.48. The van der Waals surface area contributed by atoms with Gasteiger partial charge in [-0.3, -0.25) is 4.79 Å². The molecule has 200 valence electrons. The standard InChI is InChI=1S/C31H34O7/c1-23(33)34-22-28-30(36-20-25-13-7-3-8-14-25)31(37-21-26-15-9-4-10-16-26)29(27(38-28)17-18-32)35-19-24-11-5-2-6-12-24/h2-16,18,27-31H,17,19-22H2,1H3/t27-,28-,29+,30+,31-/m1/s1. The minimum Gasteiger partial charge on any atom is -0.463 e. The first-order valence-electron chi connectivity index (χ1n) is 12.8. The predicted octanol–water partition coefficient (Wildman–Crippen LogP) is 4.66. The highest BCUT2D eigenvalue weighted by molar-refractivity contribution is 5.65. The van der Waals surface area contributed by atoms with Crippen molar-refractivity contribution in [2.45, 2.75) is 63.7 Å². The van der Waals surface area contributed by atoms with Crippen LogP contribution in [-0.4, -0.2) is 49.4 Å². The van der Waals surface area contributed by atoms with Crippen molar-refractivity contribution in [1.29, 1.82) is 0 Å². The van der Waals surface area contributed by atoms with E-state index in [-0.39, 0.29) is 13.0 Å². The third kappa shape index (κ3) is 8.07. The van der Waals surface area contributed by atoms with E-state index in [2.05, 4.69) is 0 Å². The molecule has 1 aliphatic heterocycles. The summed E-state index contributed by atoms with van der Waals surface area (Å²) in [5.74, 6) is -0.424. The Balaban J connectivity index is 1.62. The van der Waals surface area contributed by atoms with Gasteiger partial charge in [0.05, 0.1) is 25.9 Å². The zero-order chi connectivity index (χ0) is 26.6. The van der Waals surface area contributed by atoms with Gasteiger partial charge in [-0.1, -0.05) is 91.0 Å². The van der Waals surface area contributed by atoms with Crippen molar-refractivity contribution in [3.05, 3.63) is 108 Å². The number of ether oxygens (including phenoxy) is 5. The summed E-state index contributed by atoms with van der Waals surface area (Å²) in [7, 11) is 0. The van der Waals surface area contributed by atoms with Crippen LogP contribution in [0.25, 0.3) is 0 Å². The van der Waals surface area contributed by atoms with Gasteiger partial charge in [-0.05, 0) is 16.7 Å². The second-order valence-corrected chi connectivity index (χ2v) is 9.20. The van der Waals surface area contributed by atoms with Crippen LogP contribution in [0, 0.1) is 0 Å². The smallest absolute Gasteiger partial charge is 0.302 e. The average Bonchev–Trinajstić information content (AvgIpc) is 2.95. The summed E-state index contributed by atoms with van der Waals surface area (Å²) >= 11 is 0. The van der Waals surface area contributed by atoms with Crippen molar-refractivity contribution in [3.8, 4) is 0 Å². The van der Waals surface area contributed by atoms with Gasteiger partial charge in [0.25, 0.3) is 0 Å². The maximum absolute atomic E-state index is 11.7. The van der Waals surface area contributed by atoms with Gasteiger partial charge >= 0.3 is 5.97 Å². The monoisotopic (exact) mass is 518 g/mol. The fourth-order valence-corrected chi connectivity index (χ4v) is 4.50. The molecule has 4 rings (SSSR count). The number of aldehydes is 1. The largest absolute Gasteiger partial charge is 0.463 e. The van der Waals surface area contributed by atoms with Crippen LogP contribution >= 0.6 is 0 Å². The molecule has 7 nitrogen and oxygen atoms in total. The van der Waals surface area contributed by atoms with Crippen molar-refractivity contribution in [3.63, 3.8) is 0 Å². The molecular formula is C31H34O7. The van der Waals surface area contributed by atoms with Gasteiger partial charge in [0.2, 0.25) is 0 Å². The summed E-state index contributed by atoms with van der Waals surface area (Å²) in [6.45, 7) is 2.26. The summed E-state index contributed by atoms with van der Waals surface area (Å²) in [6.07, 6.45) is -2.15. The normalized spacial score (nSPS) is 23.0. The molecule has 1 saturated heterocycles. The summed E-state index contributed by atoms with van der Waals surface area (Å²) < 4.78 is 31.0. The van der Waals surface area contributed by atoms with Crippen LogP contribution in [0.4, 0.5) is 0 Å². The van der Waals surface area contributed by atoms with Crippen LogP contribution in [0.5, 0.6) is 0 Å². The lowest BCUT2D eigenvalue weighted by atomic mass is 9.92. The fraction of sp³-hybridized carbons (Fsp3) is 0.355. The second-order valence-electron chi connectivity index (χ2n) is 9.20. The van der Waals surface area contributed by atoms with Gasteiger partial charge in [0.15, 0.2) is 0 Å². The zero-order valence-electron chi connectivity index (χ0n) is 21.5. The summed E-state index contributed by atoms with van der Waals surface area (Å²) in [6, 6.07) is 29.4. The van der Waals surface area contributed by atoms with Gasteiger partial charge in [-0.25, -0.2) is 0 Å². The molecule has 38 heavy (non-hydrogen) atoms.